The Morgan fingerprint density at radius 2 is 2.05 bits per heavy atom. The highest BCUT2D eigenvalue weighted by Crippen LogP contribution is 2.27. The van der Waals surface area contributed by atoms with E-state index >= 15 is 0 Å². The van der Waals surface area contributed by atoms with E-state index in [4.69, 9.17) is 23.2 Å². The predicted octanol–water partition coefficient (Wildman–Crippen LogP) is 3.86. The van der Waals surface area contributed by atoms with Gasteiger partial charge in [0.2, 0.25) is 5.15 Å². The number of anilines is 1. The summed E-state index contributed by atoms with van der Waals surface area (Å²) in [7, 11) is 0. The van der Waals surface area contributed by atoms with Gasteiger partial charge in [-0.1, -0.05) is 29.3 Å². The van der Waals surface area contributed by atoms with Gasteiger partial charge in [0.05, 0.1) is 4.92 Å². The molecule has 0 radical (unpaired) electrons. The normalized spacial score (nSPS) is 10.2. The van der Waals surface area contributed by atoms with Gasteiger partial charge in [-0.15, -0.1) is 0 Å². The van der Waals surface area contributed by atoms with Gasteiger partial charge >= 0.3 is 5.69 Å². The van der Waals surface area contributed by atoms with Gasteiger partial charge in [0, 0.05) is 16.9 Å². The van der Waals surface area contributed by atoms with Crippen LogP contribution in [0.15, 0.2) is 30.5 Å². The summed E-state index contributed by atoms with van der Waals surface area (Å²) in [6, 6.07) is 6.16. The Morgan fingerprint density at radius 3 is 2.67 bits per heavy atom. The van der Waals surface area contributed by atoms with E-state index in [1.165, 1.54) is 12.3 Å². The minimum atomic E-state index is -0.744. The van der Waals surface area contributed by atoms with Gasteiger partial charge in [0.1, 0.15) is 5.56 Å². The first-order chi connectivity index (χ1) is 9.90. The van der Waals surface area contributed by atoms with Crippen LogP contribution in [0, 0.1) is 17.0 Å². The van der Waals surface area contributed by atoms with Gasteiger partial charge in [-0.2, -0.15) is 0 Å². The Balaban J connectivity index is 2.35. The maximum atomic E-state index is 12.1. The van der Waals surface area contributed by atoms with Crippen molar-refractivity contribution in [3.8, 4) is 0 Å². The maximum absolute atomic E-state index is 12.1. The fourth-order valence-electron chi connectivity index (χ4n) is 1.65. The number of nitrogens with zero attached hydrogens (tertiary/aromatic N) is 2. The summed E-state index contributed by atoms with van der Waals surface area (Å²) in [6.45, 7) is 1.82. The minimum absolute atomic E-state index is 0.170. The Morgan fingerprint density at radius 1 is 1.33 bits per heavy atom. The number of rotatable bonds is 3. The molecule has 0 spiro atoms. The fourth-order valence-corrected chi connectivity index (χ4v) is 2.06. The van der Waals surface area contributed by atoms with Crippen LogP contribution in [0.25, 0.3) is 0 Å². The van der Waals surface area contributed by atoms with Crippen LogP contribution in [-0.4, -0.2) is 15.8 Å². The van der Waals surface area contributed by atoms with Gasteiger partial charge in [0.25, 0.3) is 5.91 Å². The average molecular weight is 326 g/mol. The van der Waals surface area contributed by atoms with Crippen molar-refractivity contribution < 1.29 is 9.72 Å². The highest BCUT2D eigenvalue weighted by Gasteiger charge is 2.24. The molecule has 0 atom stereocenters. The molecule has 1 aromatic carbocycles. The van der Waals surface area contributed by atoms with Crippen LogP contribution in [0.2, 0.25) is 10.2 Å². The molecule has 21 heavy (non-hydrogen) atoms. The number of carbonyl (C=O) groups excluding carboxylic acids is 1. The Kier molecular flexibility index (Phi) is 4.40. The lowest BCUT2D eigenvalue weighted by Crippen LogP contribution is -2.14. The number of carbonyl (C=O) groups is 1. The highest BCUT2D eigenvalue weighted by atomic mass is 35.5. The third kappa shape index (κ3) is 3.29. The van der Waals surface area contributed by atoms with Crippen molar-refractivity contribution in [3.05, 3.63) is 61.9 Å². The molecule has 0 aliphatic carbocycles. The van der Waals surface area contributed by atoms with Crippen molar-refractivity contribution in [1.82, 2.24) is 4.98 Å². The lowest BCUT2D eigenvalue weighted by atomic mass is 10.2. The van der Waals surface area contributed by atoms with Crippen molar-refractivity contribution in [1.29, 1.82) is 0 Å². The molecule has 1 N–H and O–H groups in total. The number of benzene rings is 1. The molecule has 2 aromatic rings. The summed E-state index contributed by atoms with van der Waals surface area (Å²) in [4.78, 5) is 26.0. The molecule has 6 nitrogen and oxygen atoms in total. The molecule has 0 saturated heterocycles. The molecule has 1 aromatic heterocycles. The van der Waals surface area contributed by atoms with Crippen LogP contribution in [0.4, 0.5) is 11.4 Å². The second-order valence-electron chi connectivity index (χ2n) is 4.17. The van der Waals surface area contributed by atoms with Crippen LogP contribution >= 0.6 is 23.2 Å². The first-order valence-electron chi connectivity index (χ1n) is 5.76. The van der Waals surface area contributed by atoms with Crippen molar-refractivity contribution in [2.75, 3.05) is 5.32 Å². The molecule has 0 fully saturated rings. The lowest BCUT2D eigenvalue weighted by molar-refractivity contribution is -0.385. The molecule has 2 rings (SSSR count). The maximum Gasteiger partial charge on any atom is 0.319 e. The number of nitrogens with one attached hydrogen (secondary N) is 1. The third-order valence-electron chi connectivity index (χ3n) is 2.74. The van der Waals surface area contributed by atoms with Crippen LogP contribution in [0.3, 0.4) is 0 Å². The number of hydrogen-bond donors (Lipinski definition) is 1. The zero-order valence-corrected chi connectivity index (χ0v) is 12.3. The van der Waals surface area contributed by atoms with E-state index in [1.807, 2.05) is 6.92 Å². The Labute approximate surface area is 129 Å². The van der Waals surface area contributed by atoms with Crippen molar-refractivity contribution in [2.24, 2.45) is 0 Å². The Bertz CT molecular complexity index is 735. The van der Waals surface area contributed by atoms with Gasteiger partial charge in [-0.25, -0.2) is 4.98 Å². The van der Waals surface area contributed by atoms with Crippen LogP contribution < -0.4 is 5.32 Å². The first kappa shape index (κ1) is 15.2. The fraction of sp³-hybridized carbons (Fsp3) is 0.0769. The number of halogens is 2. The molecule has 0 aliphatic rings. The van der Waals surface area contributed by atoms with Gasteiger partial charge in [-0.3, -0.25) is 14.9 Å². The molecule has 0 unspecified atom stereocenters. The smallest absolute Gasteiger partial charge is 0.319 e. The molecule has 0 bridgehead atoms. The van der Waals surface area contributed by atoms with E-state index in [1.54, 1.807) is 18.2 Å². The van der Waals surface area contributed by atoms with E-state index in [-0.39, 0.29) is 10.7 Å². The minimum Gasteiger partial charge on any atom is -0.322 e. The summed E-state index contributed by atoms with van der Waals surface area (Å²) in [5.41, 5.74) is 0.581. The second-order valence-corrected chi connectivity index (χ2v) is 4.94. The summed E-state index contributed by atoms with van der Waals surface area (Å²) in [5, 5.41) is 13.7. The average Bonchev–Trinajstić information content (AvgIpc) is 2.42. The quantitative estimate of drug-likeness (QED) is 0.527. The van der Waals surface area contributed by atoms with Crippen LogP contribution in [0.1, 0.15) is 15.9 Å². The molecule has 1 amide bonds. The number of nitro groups is 1. The first-order valence-corrected chi connectivity index (χ1v) is 6.52. The number of pyridine rings is 1. The van der Waals surface area contributed by atoms with E-state index in [0.717, 1.165) is 5.56 Å². The van der Waals surface area contributed by atoms with E-state index in [2.05, 4.69) is 10.3 Å². The summed E-state index contributed by atoms with van der Waals surface area (Å²) in [5.74, 6) is -0.661. The molecular formula is C13H9Cl2N3O3. The topological polar surface area (TPSA) is 85.1 Å². The number of aryl methyl sites for hydroxylation is 1. The van der Waals surface area contributed by atoms with Gasteiger partial charge in [-0.05, 0) is 30.7 Å². The van der Waals surface area contributed by atoms with Crippen molar-refractivity contribution >= 4 is 40.5 Å². The standard InChI is InChI=1S/C13H9Cl2N3O3/c1-7-2-3-8(6-10(7)14)17-13(19)9-4-5-16-12(15)11(9)18(20)21/h2-6H,1H3,(H,17,19). The third-order valence-corrected chi connectivity index (χ3v) is 3.42. The van der Waals surface area contributed by atoms with E-state index in [0.29, 0.717) is 10.7 Å². The summed E-state index contributed by atoms with van der Waals surface area (Å²) < 4.78 is 0. The molecule has 0 aliphatic heterocycles. The van der Waals surface area contributed by atoms with Crippen molar-refractivity contribution in [3.63, 3.8) is 0 Å². The highest BCUT2D eigenvalue weighted by molar-refractivity contribution is 6.32. The van der Waals surface area contributed by atoms with Gasteiger partial charge < -0.3 is 5.32 Å². The number of amides is 1. The lowest BCUT2D eigenvalue weighted by Gasteiger charge is -2.07. The van der Waals surface area contributed by atoms with Crippen molar-refractivity contribution in [2.45, 2.75) is 6.92 Å². The van der Waals surface area contributed by atoms with Crippen LogP contribution in [0.5, 0.6) is 0 Å². The molecule has 108 valence electrons. The molecule has 0 saturated carbocycles. The summed E-state index contributed by atoms with van der Waals surface area (Å²) >= 11 is 11.6. The number of aromatic nitrogens is 1. The summed E-state index contributed by atoms with van der Waals surface area (Å²) in [6.07, 6.45) is 1.23. The zero-order valence-electron chi connectivity index (χ0n) is 10.8. The van der Waals surface area contributed by atoms with E-state index in [9.17, 15) is 14.9 Å². The molecule has 1 heterocycles. The molecule has 8 heteroatoms. The zero-order chi connectivity index (χ0) is 15.6. The van der Waals surface area contributed by atoms with Crippen LogP contribution in [-0.2, 0) is 0 Å². The number of hydrogen-bond acceptors (Lipinski definition) is 4. The SMILES string of the molecule is Cc1ccc(NC(=O)c2ccnc(Cl)c2[N+](=O)[O-])cc1Cl. The Hall–Kier alpha value is -2.18. The van der Waals surface area contributed by atoms with Gasteiger partial charge in [0.15, 0.2) is 0 Å². The van der Waals surface area contributed by atoms with E-state index < -0.39 is 16.5 Å². The molecular weight excluding hydrogens is 317 g/mol. The second kappa shape index (κ2) is 6.07. The predicted molar refractivity (Wildman–Crippen MR) is 80.0 cm³/mol. The monoisotopic (exact) mass is 325 g/mol. The largest absolute Gasteiger partial charge is 0.322 e.